The normalized spacial score (nSPS) is 17.2. The molecule has 1 aliphatic heterocycles. The first-order chi connectivity index (χ1) is 20.0. The molecule has 3 aromatic carbocycles. The summed E-state index contributed by atoms with van der Waals surface area (Å²) >= 11 is 0. The monoisotopic (exact) mass is 551 g/mol. The van der Waals surface area contributed by atoms with Crippen LogP contribution in [0.4, 0.5) is 5.82 Å². The fourth-order valence-electron chi connectivity index (χ4n) is 5.70. The van der Waals surface area contributed by atoms with Gasteiger partial charge in [0.05, 0.1) is 24.9 Å². The van der Waals surface area contributed by atoms with Crippen LogP contribution in [0.25, 0.3) is 16.5 Å². The Morgan fingerprint density at radius 2 is 1.85 bits per heavy atom. The standard InChI is InChI=1S/C33H37N5O3/c1-22-10-11-25(32(39)35-26-12-13-26)20-29(22)38-15-14-34-31(33(38)40)36-30(23(2)21-37-16-18-41-19-17-37)28-9-5-7-24-6-3-4-8-27(24)28/h3-11,14-15,20,23,26,30H,12-13,16-19,21H2,1-2H3,(H,34,36)(H,35,39)/t23-,30+/m0/s1. The average Bonchev–Trinajstić information content (AvgIpc) is 3.81. The summed E-state index contributed by atoms with van der Waals surface area (Å²) in [7, 11) is 0. The van der Waals surface area contributed by atoms with Crippen molar-refractivity contribution >= 4 is 22.5 Å². The summed E-state index contributed by atoms with van der Waals surface area (Å²) in [5.74, 6) is 0.346. The predicted octanol–water partition coefficient (Wildman–Crippen LogP) is 4.71. The van der Waals surface area contributed by atoms with Crippen LogP contribution in [0.3, 0.4) is 0 Å². The largest absolute Gasteiger partial charge is 0.379 e. The van der Waals surface area contributed by atoms with E-state index in [0.717, 1.165) is 67.6 Å². The molecule has 1 amide bonds. The number of benzene rings is 3. The van der Waals surface area contributed by atoms with Gasteiger partial charge < -0.3 is 15.4 Å². The van der Waals surface area contributed by atoms with Crippen LogP contribution < -0.4 is 16.2 Å². The van der Waals surface area contributed by atoms with Gasteiger partial charge in [-0.1, -0.05) is 55.5 Å². The number of hydrogen-bond acceptors (Lipinski definition) is 6. The van der Waals surface area contributed by atoms with Gasteiger partial charge in [0.1, 0.15) is 0 Å². The first-order valence-corrected chi connectivity index (χ1v) is 14.5. The number of anilines is 1. The van der Waals surface area contributed by atoms with Gasteiger partial charge in [-0.25, -0.2) is 4.98 Å². The zero-order valence-corrected chi connectivity index (χ0v) is 23.7. The predicted molar refractivity (Wildman–Crippen MR) is 162 cm³/mol. The number of aryl methyl sites for hydroxylation is 1. The Balaban J connectivity index is 1.36. The highest BCUT2D eigenvalue weighted by Crippen LogP contribution is 2.32. The van der Waals surface area contributed by atoms with Crippen LogP contribution in [0, 0.1) is 12.8 Å². The maximum atomic E-state index is 13.9. The molecule has 2 aliphatic rings. The molecule has 4 aromatic rings. The zero-order chi connectivity index (χ0) is 28.3. The van der Waals surface area contributed by atoms with Gasteiger partial charge in [-0.15, -0.1) is 0 Å². The van der Waals surface area contributed by atoms with E-state index in [-0.39, 0.29) is 35.3 Å². The molecule has 0 spiro atoms. The van der Waals surface area contributed by atoms with Gasteiger partial charge in [0.15, 0.2) is 5.82 Å². The van der Waals surface area contributed by atoms with Crippen molar-refractivity contribution in [3.63, 3.8) is 0 Å². The Bertz CT molecular complexity index is 1600. The number of amides is 1. The van der Waals surface area contributed by atoms with Gasteiger partial charge >= 0.3 is 0 Å². The first-order valence-electron chi connectivity index (χ1n) is 14.5. The number of hydrogen-bond donors (Lipinski definition) is 2. The Morgan fingerprint density at radius 3 is 2.66 bits per heavy atom. The van der Waals surface area contributed by atoms with Crippen LogP contribution in [0.15, 0.2) is 77.9 Å². The molecule has 2 fully saturated rings. The van der Waals surface area contributed by atoms with E-state index >= 15 is 0 Å². The summed E-state index contributed by atoms with van der Waals surface area (Å²) < 4.78 is 7.16. The number of carbonyl (C=O) groups is 1. The third-order valence-electron chi connectivity index (χ3n) is 8.15. The number of nitrogens with zero attached hydrogens (tertiary/aromatic N) is 3. The Morgan fingerprint density at radius 1 is 1.07 bits per heavy atom. The quantitative estimate of drug-likeness (QED) is 0.313. The molecule has 1 saturated heterocycles. The molecule has 0 bridgehead atoms. The molecule has 8 nitrogen and oxygen atoms in total. The first kappa shape index (κ1) is 27.2. The van der Waals surface area contributed by atoms with Gasteiger partial charge in [-0.3, -0.25) is 19.1 Å². The van der Waals surface area contributed by atoms with E-state index in [1.165, 1.54) is 0 Å². The smallest absolute Gasteiger partial charge is 0.297 e. The fraction of sp³-hybridized carbons (Fsp3) is 0.364. The van der Waals surface area contributed by atoms with Crippen molar-refractivity contribution in [2.24, 2.45) is 5.92 Å². The lowest BCUT2D eigenvalue weighted by Gasteiger charge is -2.33. The second-order valence-corrected chi connectivity index (χ2v) is 11.3. The molecule has 2 N–H and O–H groups in total. The zero-order valence-electron chi connectivity index (χ0n) is 23.7. The number of aromatic nitrogens is 2. The van der Waals surface area contributed by atoms with Crippen molar-refractivity contribution in [1.29, 1.82) is 0 Å². The molecule has 41 heavy (non-hydrogen) atoms. The molecule has 1 aromatic heterocycles. The van der Waals surface area contributed by atoms with Crippen molar-refractivity contribution in [3.8, 4) is 5.69 Å². The molecule has 2 heterocycles. The van der Waals surface area contributed by atoms with Gasteiger partial charge in [0.25, 0.3) is 11.5 Å². The third-order valence-corrected chi connectivity index (χ3v) is 8.15. The van der Waals surface area contributed by atoms with E-state index in [0.29, 0.717) is 11.3 Å². The van der Waals surface area contributed by atoms with Crippen molar-refractivity contribution in [1.82, 2.24) is 19.8 Å². The summed E-state index contributed by atoms with van der Waals surface area (Å²) in [6.45, 7) is 8.30. The molecule has 212 valence electrons. The molecular weight excluding hydrogens is 514 g/mol. The van der Waals surface area contributed by atoms with E-state index < -0.39 is 0 Å². The number of nitrogens with one attached hydrogen (secondary N) is 2. The highest BCUT2D eigenvalue weighted by atomic mass is 16.5. The van der Waals surface area contributed by atoms with Gasteiger partial charge in [0.2, 0.25) is 0 Å². The van der Waals surface area contributed by atoms with Crippen LogP contribution in [0.5, 0.6) is 0 Å². The van der Waals surface area contributed by atoms with Gasteiger partial charge in [-0.05, 0) is 59.7 Å². The van der Waals surface area contributed by atoms with Gasteiger partial charge in [-0.2, -0.15) is 0 Å². The Hall–Kier alpha value is -4.01. The minimum absolute atomic E-state index is 0.109. The number of carbonyl (C=O) groups excluding carboxylic acids is 1. The van der Waals surface area contributed by atoms with Crippen LogP contribution in [0.2, 0.25) is 0 Å². The Kier molecular flexibility index (Phi) is 7.85. The lowest BCUT2D eigenvalue weighted by atomic mass is 9.90. The van der Waals surface area contributed by atoms with Crippen LogP contribution >= 0.6 is 0 Å². The topological polar surface area (TPSA) is 88.5 Å². The van der Waals surface area contributed by atoms with E-state index in [4.69, 9.17) is 4.74 Å². The molecule has 0 radical (unpaired) electrons. The van der Waals surface area contributed by atoms with Crippen LogP contribution in [-0.2, 0) is 4.74 Å². The molecule has 8 heteroatoms. The van der Waals surface area contributed by atoms with Crippen LogP contribution in [-0.4, -0.2) is 59.2 Å². The minimum Gasteiger partial charge on any atom is -0.379 e. The summed E-state index contributed by atoms with van der Waals surface area (Å²) in [6.07, 6.45) is 5.35. The lowest BCUT2D eigenvalue weighted by molar-refractivity contribution is 0.0305. The number of rotatable bonds is 9. The summed E-state index contributed by atoms with van der Waals surface area (Å²) in [6, 6.07) is 20.3. The van der Waals surface area contributed by atoms with Crippen molar-refractivity contribution in [3.05, 3.63) is 100 Å². The SMILES string of the molecule is Cc1ccc(C(=O)NC2CC2)cc1-n1ccnc(N[C@@H](c2cccc3ccccc23)[C@@H](C)CN2CCOCC2)c1=O. The van der Waals surface area contributed by atoms with E-state index in [2.05, 4.69) is 63.8 Å². The van der Waals surface area contributed by atoms with Crippen molar-refractivity contribution < 1.29 is 9.53 Å². The summed E-state index contributed by atoms with van der Waals surface area (Å²) in [5, 5.41) is 8.91. The molecule has 0 unspecified atom stereocenters. The molecule has 2 atom stereocenters. The van der Waals surface area contributed by atoms with Crippen molar-refractivity contribution in [2.45, 2.75) is 38.8 Å². The van der Waals surface area contributed by atoms with E-state index in [1.54, 1.807) is 23.0 Å². The third kappa shape index (κ3) is 6.04. The van der Waals surface area contributed by atoms with E-state index in [1.807, 2.05) is 25.1 Å². The van der Waals surface area contributed by atoms with E-state index in [9.17, 15) is 9.59 Å². The number of morpholine rings is 1. The maximum Gasteiger partial charge on any atom is 0.297 e. The second kappa shape index (κ2) is 11.8. The highest BCUT2D eigenvalue weighted by Gasteiger charge is 2.27. The highest BCUT2D eigenvalue weighted by molar-refractivity contribution is 5.95. The maximum absolute atomic E-state index is 13.9. The second-order valence-electron chi connectivity index (χ2n) is 11.3. The lowest BCUT2D eigenvalue weighted by Crippen LogP contribution is -2.41. The Labute approximate surface area is 240 Å². The number of fused-ring (bicyclic) bond motifs is 1. The molecule has 1 saturated carbocycles. The van der Waals surface area contributed by atoms with Crippen LogP contribution in [0.1, 0.15) is 47.3 Å². The summed E-state index contributed by atoms with van der Waals surface area (Å²) in [5.41, 5.74) is 3.00. The molecular formula is C33H37N5O3. The number of ether oxygens (including phenoxy) is 1. The fourth-order valence-corrected chi connectivity index (χ4v) is 5.70. The molecule has 6 rings (SSSR count). The van der Waals surface area contributed by atoms with Crippen molar-refractivity contribution in [2.75, 3.05) is 38.2 Å². The molecule has 1 aliphatic carbocycles. The summed E-state index contributed by atoms with van der Waals surface area (Å²) in [4.78, 5) is 33.6. The minimum atomic E-state index is -0.251. The average molecular weight is 552 g/mol. The van der Waals surface area contributed by atoms with Gasteiger partial charge in [0, 0.05) is 43.6 Å².